The van der Waals surface area contributed by atoms with Crippen LogP contribution in [-0.4, -0.2) is 47.4 Å². The van der Waals surface area contributed by atoms with Crippen molar-refractivity contribution in [1.29, 1.82) is 0 Å². The molecule has 0 atom stereocenters. The van der Waals surface area contributed by atoms with Gasteiger partial charge in [-0.3, -0.25) is 19.7 Å². The topological polar surface area (TPSA) is 91.3 Å². The Morgan fingerprint density at radius 2 is 2.04 bits per heavy atom. The third-order valence-corrected chi connectivity index (χ3v) is 4.85. The lowest BCUT2D eigenvalue weighted by molar-refractivity contribution is -0.120. The molecule has 3 N–H and O–H groups in total. The lowest BCUT2D eigenvalue weighted by Gasteiger charge is -2.25. The molecule has 0 bridgehead atoms. The summed E-state index contributed by atoms with van der Waals surface area (Å²) >= 11 is 0. The van der Waals surface area contributed by atoms with Crippen LogP contribution >= 0.6 is 0 Å². The molecule has 2 fully saturated rings. The molecule has 25 heavy (non-hydrogen) atoms. The molecule has 2 aliphatic rings. The van der Waals surface area contributed by atoms with E-state index in [9.17, 15) is 9.59 Å². The maximum absolute atomic E-state index is 12.1. The van der Waals surface area contributed by atoms with E-state index < -0.39 is 6.03 Å². The first-order valence-corrected chi connectivity index (χ1v) is 8.67. The summed E-state index contributed by atoms with van der Waals surface area (Å²) in [4.78, 5) is 25.0. The zero-order valence-electron chi connectivity index (χ0n) is 14.2. The van der Waals surface area contributed by atoms with Crippen LogP contribution in [0.4, 0.5) is 16.3 Å². The molecule has 2 aliphatic heterocycles. The first-order valence-electron chi connectivity index (χ1n) is 8.67. The summed E-state index contributed by atoms with van der Waals surface area (Å²) in [5.74, 6) is 0.353. The first kappa shape index (κ1) is 15.9. The van der Waals surface area contributed by atoms with Crippen LogP contribution in [0.1, 0.15) is 19.3 Å². The Kier molecular flexibility index (Phi) is 4.04. The van der Waals surface area contributed by atoms with Crippen molar-refractivity contribution in [2.24, 2.45) is 7.05 Å². The Bertz CT molecular complexity index is 824. The molecule has 2 saturated heterocycles. The van der Waals surface area contributed by atoms with Gasteiger partial charge in [-0.1, -0.05) is 0 Å². The molecular weight excluding hydrogens is 320 g/mol. The molecule has 8 heteroatoms. The normalized spacial score (nSPS) is 19.3. The van der Waals surface area contributed by atoms with Crippen molar-refractivity contribution in [2.75, 3.05) is 29.9 Å². The van der Waals surface area contributed by atoms with Gasteiger partial charge in [0.05, 0.1) is 5.52 Å². The molecule has 0 spiro atoms. The van der Waals surface area contributed by atoms with Gasteiger partial charge in [-0.15, -0.1) is 0 Å². The van der Waals surface area contributed by atoms with E-state index in [2.05, 4.69) is 27.1 Å². The van der Waals surface area contributed by atoms with Crippen LogP contribution in [0, 0.1) is 0 Å². The summed E-state index contributed by atoms with van der Waals surface area (Å²) in [6.45, 7) is 2.43. The van der Waals surface area contributed by atoms with Crippen molar-refractivity contribution in [3.05, 3.63) is 18.2 Å². The molecule has 0 unspecified atom stereocenters. The van der Waals surface area contributed by atoms with Crippen LogP contribution in [0.5, 0.6) is 0 Å². The highest BCUT2D eigenvalue weighted by Gasteiger charge is 2.28. The van der Waals surface area contributed by atoms with Gasteiger partial charge in [0.2, 0.25) is 5.91 Å². The fraction of sp³-hybridized carbons (Fsp3) is 0.471. The van der Waals surface area contributed by atoms with E-state index in [1.165, 1.54) is 4.90 Å². The van der Waals surface area contributed by atoms with E-state index in [4.69, 9.17) is 0 Å². The van der Waals surface area contributed by atoms with Crippen molar-refractivity contribution >= 4 is 34.3 Å². The third kappa shape index (κ3) is 3.05. The largest absolute Gasteiger partial charge is 0.382 e. The van der Waals surface area contributed by atoms with Gasteiger partial charge in [-0.2, -0.15) is 5.10 Å². The summed E-state index contributed by atoms with van der Waals surface area (Å²) < 4.78 is 1.78. The lowest BCUT2D eigenvalue weighted by atomic mass is 10.1. The smallest absolute Gasteiger partial charge is 0.329 e. The second kappa shape index (κ2) is 6.36. The standard InChI is InChI=1S/C17H22N6O2/c1-22-14-10-12(19-11-4-7-18-8-5-11)2-3-13(14)16(21-22)23-9-6-15(24)20-17(23)25/h2-3,10-11,18-19H,4-9H2,1H3,(H,20,24,25). The zero-order valence-corrected chi connectivity index (χ0v) is 14.2. The number of fused-ring (bicyclic) bond motifs is 1. The number of nitrogens with zero attached hydrogens (tertiary/aromatic N) is 3. The number of piperidine rings is 1. The minimum atomic E-state index is -0.409. The number of benzene rings is 1. The maximum Gasteiger partial charge on any atom is 0.329 e. The number of anilines is 2. The minimum Gasteiger partial charge on any atom is -0.382 e. The van der Waals surface area contributed by atoms with Gasteiger partial charge in [-0.25, -0.2) is 4.79 Å². The molecule has 4 rings (SSSR count). The Hall–Kier alpha value is -2.61. The maximum atomic E-state index is 12.1. The summed E-state index contributed by atoms with van der Waals surface area (Å²) in [6.07, 6.45) is 2.51. The second-order valence-electron chi connectivity index (χ2n) is 6.60. The Morgan fingerprint density at radius 3 is 2.80 bits per heavy atom. The van der Waals surface area contributed by atoms with Crippen molar-refractivity contribution in [3.8, 4) is 0 Å². The molecule has 132 valence electrons. The monoisotopic (exact) mass is 342 g/mol. The van der Waals surface area contributed by atoms with Gasteiger partial charge in [0.1, 0.15) is 0 Å². The zero-order chi connectivity index (χ0) is 17.4. The van der Waals surface area contributed by atoms with Crippen molar-refractivity contribution < 1.29 is 9.59 Å². The van der Waals surface area contributed by atoms with E-state index in [-0.39, 0.29) is 5.91 Å². The summed E-state index contributed by atoms with van der Waals surface area (Å²) in [5.41, 5.74) is 2.02. The third-order valence-electron chi connectivity index (χ3n) is 4.85. The predicted octanol–water partition coefficient (Wildman–Crippen LogP) is 1.18. The molecule has 1 aromatic carbocycles. The van der Waals surface area contributed by atoms with Crippen LogP contribution in [0.2, 0.25) is 0 Å². The highest BCUT2D eigenvalue weighted by molar-refractivity contribution is 6.09. The molecular formula is C17H22N6O2. The summed E-state index contributed by atoms with van der Waals surface area (Å²) in [6, 6.07) is 6.16. The van der Waals surface area contributed by atoms with Crippen LogP contribution in [0.25, 0.3) is 10.9 Å². The van der Waals surface area contributed by atoms with Crippen molar-refractivity contribution in [3.63, 3.8) is 0 Å². The number of carbonyl (C=O) groups is 2. The fourth-order valence-corrected chi connectivity index (χ4v) is 3.50. The molecule has 2 aromatic rings. The number of hydrogen-bond acceptors (Lipinski definition) is 5. The van der Waals surface area contributed by atoms with Gasteiger partial charge < -0.3 is 10.6 Å². The predicted molar refractivity (Wildman–Crippen MR) is 95.7 cm³/mol. The van der Waals surface area contributed by atoms with Gasteiger partial charge in [0.15, 0.2) is 5.82 Å². The SMILES string of the molecule is Cn1nc(N2CCC(=O)NC2=O)c2ccc(NC3CCNCC3)cc21. The Labute approximate surface area is 145 Å². The number of hydrogen-bond donors (Lipinski definition) is 3. The van der Waals surface area contributed by atoms with E-state index in [0.29, 0.717) is 24.8 Å². The highest BCUT2D eigenvalue weighted by Crippen LogP contribution is 2.29. The quantitative estimate of drug-likeness (QED) is 0.779. The van der Waals surface area contributed by atoms with E-state index in [1.54, 1.807) is 4.68 Å². The van der Waals surface area contributed by atoms with Crippen LogP contribution < -0.4 is 20.9 Å². The number of carbonyl (C=O) groups excluding carboxylic acids is 2. The molecule has 0 radical (unpaired) electrons. The highest BCUT2D eigenvalue weighted by atomic mass is 16.2. The molecule has 1 aromatic heterocycles. The summed E-state index contributed by atoms with van der Waals surface area (Å²) in [5, 5.41) is 14.7. The lowest BCUT2D eigenvalue weighted by Crippen LogP contribution is -2.49. The molecule has 0 saturated carbocycles. The van der Waals surface area contributed by atoms with Crippen LogP contribution in [0.3, 0.4) is 0 Å². The number of amides is 3. The number of rotatable bonds is 3. The van der Waals surface area contributed by atoms with Gasteiger partial charge in [0.25, 0.3) is 0 Å². The Morgan fingerprint density at radius 1 is 1.24 bits per heavy atom. The number of aromatic nitrogens is 2. The van der Waals surface area contributed by atoms with Crippen LogP contribution in [0.15, 0.2) is 18.2 Å². The van der Waals surface area contributed by atoms with Crippen molar-refractivity contribution in [1.82, 2.24) is 20.4 Å². The van der Waals surface area contributed by atoms with Crippen LogP contribution in [-0.2, 0) is 11.8 Å². The van der Waals surface area contributed by atoms with Gasteiger partial charge in [0, 0.05) is 37.1 Å². The molecule has 3 heterocycles. The van der Waals surface area contributed by atoms with E-state index >= 15 is 0 Å². The molecule has 8 nitrogen and oxygen atoms in total. The van der Waals surface area contributed by atoms with E-state index in [0.717, 1.165) is 42.5 Å². The molecule has 3 amide bonds. The first-order chi connectivity index (χ1) is 12.1. The van der Waals surface area contributed by atoms with Crippen molar-refractivity contribution in [2.45, 2.75) is 25.3 Å². The number of urea groups is 1. The second-order valence-corrected chi connectivity index (χ2v) is 6.60. The fourth-order valence-electron chi connectivity index (χ4n) is 3.50. The van der Waals surface area contributed by atoms with Gasteiger partial charge >= 0.3 is 6.03 Å². The average Bonchev–Trinajstić information content (AvgIpc) is 2.92. The average molecular weight is 342 g/mol. The molecule has 0 aliphatic carbocycles. The number of imide groups is 1. The number of aryl methyl sites for hydroxylation is 1. The minimum absolute atomic E-state index is 0.241. The Balaban J connectivity index is 1.62. The number of nitrogens with one attached hydrogen (secondary N) is 3. The van der Waals surface area contributed by atoms with E-state index in [1.807, 2.05) is 19.2 Å². The van der Waals surface area contributed by atoms with Gasteiger partial charge in [-0.05, 0) is 44.1 Å². The summed E-state index contributed by atoms with van der Waals surface area (Å²) in [7, 11) is 1.87.